The predicted molar refractivity (Wildman–Crippen MR) is 140 cm³/mol. The highest BCUT2D eigenvalue weighted by atomic mass is 19.1. The number of nitrogens with zero attached hydrogens (tertiary/aromatic N) is 1. The number of benzene rings is 3. The van der Waals surface area contributed by atoms with Crippen molar-refractivity contribution < 1.29 is 43.8 Å². The third kappa shape index (κ3) is 5.38. The third-order valence-electron chi connectivity index (χ3n) is 7.82. The molecule has 8 atom stereocenters. The van der Waals surface area contributed by atoms with Crippen LogP contribution in [0.2, 0.25) is 0 Å². The van der Waals surface area contributed by atoms with E-state index in [1.165, 1.54) is 48.5 Å². The molecule has 1 amide bonds. The summed E-state index contributed by atoms with van der Waals surface area (Å²) in [5.41, 5.74) is 2.31. The molecular formula is C30H31F2NO7. The molecule has 40 heavy (non-hydrogen) atoms. The molecule has 3 aromatic carbocycles. The van der Waals surface area contributed by atoms with Gasteiger partial charge in [-0.05, 0) is 65.9 Å². The molecule has 0 aromatic heterocycles. The lowest BCUT2D eigenvalue weighted by Crippen LogP contribution is -2.55. The highest BCUT2D eigenvalue weighted by molar-refractivity contribution is 6.03. The number of hydrogen-bond donors (Lipinski definition) is 5. The second-order valence-corrected chi connectivity index (χ2v) is 10.3. The fourth-order valence-corrected chi connectivity index (χ4v) is 5.55. The van der Waals surface area contributed by atoms with Crippen molar-refractivity contribution in [1.82, 2.24) is 0 Å². The zero-order chi connectivity index (χ0) is 28.6. The first-order valence-electron chi connectivity index (χ1n) is 13.1. The Morgan fingerprint density at radius 1 is 0.800 bits per heavy atom. The Kier molecular flexibility index (Phi) is 8.27. The van der Waals surface area contributed by atoms with Crippen LogP contribution in [0, 0.1) is 17.6 Å². The molecule has 8 nitrogen and oxygen atoms in total. The average molecular weight is 556 g/mol. The molecule has 2 aliphatic rings. The molecule has 0 saturated carbocycles. The minimum absolute atomic E-state index is 0.180. The number of rotatable bonds is 8. The van der Waals surface area contributed by atoms with Gasteiger partial charge in [-0.1, -0.05) is 36.4 Å². The third-order valence-corrected chi connectivity index (χ3v) is 7.82. The summed E-state index contributed by atoms with van der Waals surface area (Å²) < 4.78 is 32.5. The number of hydrogen-bond acceptors (Lipinski definition) is 7. The summed E-state index contributed by atoms with van der Waals surface area (Å²) in [7, 11) is 0. The van der Waals surface area contributed by atoms with Crippen molar-refractivity contribution in [3.63, 3.8) is 0 Å². The van der Waals surface area contributed by atoms with Crippen LogP contribution in [0.5, 0.6) is 0 Å². The monoisotopic (exact) mass is 555 g/mol. The molecule has 0 spiro atoms. The van der Waals surface area contributed by atoms with Crippen LogP contribution in [-0.2, 0) is 9.53 Å². The number of anilines is 1. The lowest BCUT2D eigenvalue weighted by atomic mass is 9.78. The fourth-order valence-electron chi connectivity index (χ4n) is 5.55. The molecule has 5 rings (SSSR count). The Morgan fingerprint density at radius 2 is 1.38 bits per heavy atom. The molecule has 10 heteroatoms. The Morgan fingerprint density at radius 3 is 1.98 bits per heavy atom. The standard InChI is InChI=1S/C30H31F2NO7/c31-19-7-5-16(6-8-19)23(35)14-13-22-25(33(30(22)39)21-11-9-20(32)10-12-21)17-1-3-18(4-2-17)29-28(38)27(37)26(36)24(15-34)40-29/h1-12,22-29,34-38H,13-15H2/t22-,23+,24-,25-,26-,27+,28-,29+/m1/s1. The molecular weight excluding hydrogens is 524 g/mol. The molecule has 0 radical (unpaired) electrons. The molecule has 0 bridgehead atoms. The van der Waals surface area contributed by atoms with E-state index in [0.29, 0.717) is 23.2 Å². The lowest BCUT2D eigenvalue weighted by molar-refractivity contribution is -0.231. The highest BCUT2D eigenvalue weighted by Gasteiger charge is 2.49. The van der Waals surface area contributed by atoms with Gasteiger partial charge >= 0.3 is 0 Å². The van der Waals surface area contributed by atoms with E-state index in [4.69, 9.17) is 4.74 Å². The first-order valence-corrected chi connectivity index (χ1v) is 13.1. The zero-order valence-electron chi connectivity index (χ0n) is 21.4. The Balaban J connectivity index is 1.38. The number of aliphatic hydroxyl groups is 5. The van der Waals surface area contributed by atoms with Crippen molar-refractivity contribution >= 4 is 11.6 Å². The van der Waals surface area contributed by atoms with E-state index in [0.717, 1.165) is 5.56 Å². The van der Waals surface area contributed by atoms with E-state index in [1.54, 1.807) is 29.2 Å². The second kappa shape index (κ2) is 11.7. The number of carbonyl (C=O) groups excluding carboxylic acids is 1. The summed E-state index contributed by atoms with van der Waals surface area (Å²) in [4.78, 5) is 14.9. The molecule has 3 aromatic rings. The molecule has 5 N–H and O–H groups in total. The van der Waals surface area contributed by atoms with Crippen LogP contribution >= 0.6 is 0 Å². The zero-order valence-corrected chi connectivity index (χ0v) is 21.4. The number of ether oxygens (including phenoxy) is 1. The van der Waals surface area contributed by atoms with Crippen LogP contribution in [-0.4, -0.2) is 62.5 Å². The van der Waals surface area contributed by atoms with Crippen LogP contribution in [0.15, 0.2) is 72.8 Å². The normalized spacial score (nSPS) is 29.2. The average Bonchev–Trinajstić information content (AvgIpc) is 2.96. The maximum absolute atomic E-state index is 13.6. The number of aliphatic hydroxyl groups excluding tert-OH is 5. The van der Waals surface area contributed by atoms with Crippen molar-refractivity contribution in [3.8, 4) is 0 Å². The molecule has 2 aliphatic heterocycles. The quantitative estimate of drug-likeness (QED) is 0.270. The minimum atomic E-state index is -1.51. The van der Waals surface area contributed by atoms with Crippen LogP contribution in [0.1, 0.15) is 47.8 Å². The van der Waals surface area contributed by atoms with Gasteiger partial charge < -0.3 is 35.2 Å². The topological polar surface area (TPSA) is 131 Å². The Hall–Kier alpha value is -3.25. The van der Waals surface area contributed by atoms with Crippen LogP contribution in [0.4, 0.5) is 14.5 Å². The van der Waals surface area contributed by atoms with Gasteiger partial charge in [0.15, 0.2) is 0 Å². The lowest BCUT2D eigenvalue weighted by Gasteiger charge is -2.48. The molecule has 2 saturated heterocycles. The smallest absolute Gasteiger partial charge is 0.233 e. The minimum Gasteiger partial charge on any atom is -0.394 e. The van der Waals surface area contributed by atoms with Crippen molar-refractivity contribution in [1.29, 1.82) is 0 Å². The molecule has 212 valence electrons. The van der Waals surface area contributed by atoms with E-state index in [1.807, 2.05) is 0 Å². The van der Waals surface area contributed by atoms with E-state index >= 15 is 0 Å². The van der Waals surface area contributed by atoms with Crippen molar-refractivity contribution in [2.45, 2.75) is 55.5 Å². The second-order valence-electron chi connectivity index (χ2n) is 10.3. The number of carbonyl (C=O) groups is 1. The largest absolute Gasteiger partial charge is 0.394 e. The Labute approximate surface area is 229 Å². The van der Waals surface area contributed by atoms with Crippen molar-refractivity contribution in [3.05, 3.63) is 101 Å². The summed E-state index contributed by atoms with van der Waals surface area (Å²) in [5, 5.41) is 50.9. The van der Waals surface area contributed by atoms with Crippen LogP contribution in [0.3, 0.4) is 0 Å². The van der Waals surface area contributed by atoms with Gasteiger partial charge in [0.25, 0.3) is 0 Å². The van der Waals surface area contributed by atoms with E-state index in [-0.39, 0.29) is 12.3 Å². The SMILES string of the molecule is O=C1[C@H](CC[C@H](O)c2ccc(F)cc2)[C@@H](c2ccc([C@@H]3O[C@H](CO)[C@@H](O)[C@H](O)[C@H]3O)cc2)N1c1ccc(F)cc1. The number of halogens is 2. The fraction of sp³-hybridized carbons (Fsp3) is 0.367. The number of β-lactam (4-membered cyclic amide) rings is 1. The van der Waals surface area contributed by atoms with Gasteiger partial charge in [-0.15, -0.1) is 0 Å². The predicted octanol–water partition coefficient (Wildman–Crippen LogP) is 2.70. The van der Waals surface area contributed by atoms with E-state index in [9.17, 15) is 39.1 Å². The summed E-state index contributed by atoms with van der Waals surface area (Å²) in [6, 6.07) is 17.6. The van der Waals surface area contributed by atoms with Crippen molar-refractivity contribution in [2.75, 3.05) is 11.5 Å². The first kappa shape index (κ1) is 28.3. The van der Waals surface area contributed by atoms with E-state index in [2.05, 4.69) is 0 Å². The summed E-state index contributed by atoms with van der Waals surface area (Å²) >= 11 is 0. The Bertz CT molecular complexity index is 1300. The van der Waals surface area contributed by atoms with Gasteiger partial charge in [-0.2, -0.15) is 0 Å². The number of amides is 1. The summed E-state index contributed by atoms with van der Waals surface area (Å²) in [6.07, 6.45) is -6.72. The molecule has 2 heterocycles. The van der Waals surface area contributed by atoms with Crippen LogP contribution in [0.25, 0.3) is 0 Å². The molecule has 0 aliphatic carbocycles. The van der Waals surface area contributed by atoms with Crippen LogP contribution < -0.4 is 4.90 Å². The molecule has 0 unspecified atom stereocenters. The van der Waals surface area contributed by atoms with E-state index < -0.39 is 66.8 Å². The van der Waals surface area contributed by atoms with Gasteiger partial charge in [-0.3, -0.25) is 4.79 Å². The summed E-state index contributed by atoms with van der Waals surface area (Å²) in [5.74, 6) is -1.51. The van der Waals surface area contributed by atoms with Gasteiger partial charge in [0.1, 0.15) is 42.2 Å². The van der Waals surface area contributed by atoms with Gasteiger partial charge in [0.2, 0.25) is 5.91 Å². The maximum Gasteiger partial charge on any atom is 0.233 e. The van der Waals surface area contributed by atoms with Gasteiger partial charge in [-0.25, -0.2) is 8.78 Å². The highest BCUT2D eigenvalue weighted by Crippen LogP contribution is 2.46. The van der Waals surface area contributed by atoms with Gasteiger partial charge in [0.05, 0.1) is 24.7 Å². The maximum atomic E-state index is 13.6. The molecule has 2 fully saturated rings. The summed E-state index contributed by atoms with van der Waals surface area (Å²) in [6.45, 7) is -0.540. The first-order chi connectivity index (χ1) is 19.2. The van der Waals surface area contributed by atoms with Crippen molar-refractivity contribution in [2.24, 2.45) is 5.92 Å². The van der Waals surface area contributed by atoms with Gasteiger partial charge in [0, 0.05) is 5.69 Å².